The highest BCUT2D eigenvalue weighted by Crippen LogP contribution is 2.33. The Kier molecular flexibility index (Phi) is 5.84. The Balaban J connectivity index is 1.95. The van der Waals surface area contributed by atoms with Crippen LogP contribution in [0.3, 0.4) is 0 Å². The van der Waals surface area contributed by atoms with E-state index in [9.17, 15) is 4.39 Å². The van der Waals surface area contributed by atoms with Crippen molar-refractivity contribution >= 4 is 5.69 Å². The molecule has 26 heavy (non-hydrogen) atoms. The minimum Gasteiger partial charge on any atom is -0.497 e. The number of aromatic nitrogens is 3. The average Bonchev–Trinajstić information content (AvgIpc) is 3.20. The van der Waals surface area contributed by atoms with E-state index >= 15 is 0 Å². The van der Waals surface area contributed by atoms with E-state index in [0.29, 0.717) is 0 Å². The Labute approximate surface area is 152 Å². The van der Waals surface area contributed by atoms with Gasteiger partial charge in [0.05, 0.1) is 19.2 Å². The van der Waals surface area contributed by atoms with E-state index < -0.39 is 0 Å². The van der Waals surface area contributed by atoms with Crippen LogP contribution in [0.2, 0.25) is 0 Å². The maximum Gasteiger partial charge on any atom is 0.137 e. The van der Waals surface area contributed by atoms with Gasteiger partial charge in [0.25, 0.3) is 0 Å². The molecule has 0 amide bonds. The number of benzene rings is 2. The lowest BCUT2D eigenvalue weighted by molar-refractivity contribution is 0.372. The molecule has 2 aromatic carbocycles. The van der Waals surface area contributed by atoms with Crippen molar-refractivity contribution in [1.82, 2.24) is 14.8 Å². The Bertz CT molecular complexity index is 788. The highest BCUT2D eigenvalue weighted by Gasteiger charge is 2.25. The fraction of sp³-hybridized carbons (Fsp3) is 0.300. The number of hydrogen-bond acceptors (Lipinski definition) is 4. The molecule has 0 aliphatic rings. The van der Waals surface area contributed by atoms with Crippen LogP contribution in [0.15, 0.2) is 61.2 Å². The standard InChI is InChI=1S/C20H23FN4O/c1-3-4-19(25-14-22-13-23-25)20(15-5-7-16(21)8-6-15)24-17-9-11-18(26-2)12-10-17/h5-14,19-20,24H,3-4H2,1-2H3. The predicted octanol–water partition coefficient (Wildman–Crippen LogP) is 4.62. The first-order valence-electron chi connectivity index (χ1n) is 8.71. The summed E-state index contributed by atoms with van der Waals surface area (Å²) in [6.07, 6.45) is 5.17. The number of nitrogens with one attached hydrogen (secondary N) is 1. The quantitative estimate of drug-likeness (QED) is 0.641. The number of methoxy groups -OCH3 is 1. The second kappa shape index (κ2) is 8.47. The van der Waals surface area contributed by atoms with Gasteiger partial charge in [0.1, 0.15) is 24.2 Å². The number of halogens is 1. The van der Waals surface area contributed by atoms with E-state index in [4.69, 9.17) is 4.74 Å². The highest BCUT2D eigenvalue weighted by molar-refractivity contribution is 5.48. The second-order valence-electron chi connectivity index (χ2n) is 6.13. The van der Waals surface area contributed by atoms with Crippen molar-refractivity contribution in [2.75, 3.05) is 12.4 Å². The molecule has 5 nitrogen and oxygen atoms in total. The van der Waals surface area contributed by atoms with E-state index in [2.05, 4.69) is 22.3 Å². The molecular formula is C20H23FN4O. The van der Waals surface area contributed by atoms with E-state index in [1.807, 2.05) is 41.1 Å². The lowest BCUT2D eigenvalue weighted by Gasteiger charge is -2.29. The molecule has 136 valence electrons. The van der Waals surface area contributed by atoms with E-state index in [1.54, 1.807) is 13.4 Å². The third-order valence-electron chi connectivity index (χ3n) is 4.39. The fourth-order valence-corrected chi connectivity index (χ4v) is 3.07. The molecule has 0 radical (unpaired) electrons. The van der Waals surface area contributed by atoms with Crippen LogP contribution < -0.4 is 10.1 Å². The summed E-state index contributed by atoms with van der Waals surface area (Å²) in [5, 5.41) is 7.91. The predicted molar refractivity (Wildman–Crippen MR) is 99.7 cm³/mol. The maximum absolute atomic E-state index is 13.4. The SMILES string of the molecule is CCCC(C(Nc1ccc(OC)cc1)c1ccc(F)cc1)n1cncn1. The number of hydrogen-bond donors (Lipinski definition) is 1. The Morgan fingerprint density at radius 1 is 1.12 bits per heavy atom. The third-order valence-corrected chi connectivity index (χ3v) is 4.39. The van der Waals surface area contributed by atoms with Crippen molar-refractivity contribution in [2.24, 2.45) is 0 Å². The van der Waals surface area contributed by atoms with Crippen molar-refractivity contribution in [2.45, 2.75) is 31.8 Å². The van der Waals surface area contributed by atoms with Gasteiger partial charge in [0.15, 0.2) is 0 Å². The molecule has 0 aliphatic heterocycles. The average molecular weight is 354 g/mol. The molecule has 2 unspecified atom stereocenters. The summed E-state index contributed by atoms with van der Waals surface area (Å²) in [5.74, 6) is 0.556. The summed E-state index contributed by atoms with van der Waals surface area (Å²) in [7, 11) is 1.64. The monoisotopic (exact) mass is 354 g/mol. The topological polar surface area (TPSA) is 52.0 Å². The van der Waals surface area contributed by atoms with Crippen LogP contribution in [0.5, 0.6) is 5.75 Å². The zero-order valence-corrected chi connectivity index (χ0v) is 15.0. The molecular weight excluding hydrogens is 331 g/mol. The van der Waals surface area contributed by atoms with Gasteiger partial charge in [-0.15, -0.1) is 0 Å². The van der Waals surface area contributed by atoms with Crippen LogP contribution in [0.4, 0.5) is 10.1 Å². The summed E-state index contributed by atoms with van der Waals surface area (Å²) >= 11 is 0. The van der Waals surface area contributed by atoms with Crippen LogP contribution in [0.1, 0.15) is 37.4 Å². The van der Waals surface area contributed by atoms with Crippen molar-refractivity contribution in [3.05, 3.63) is 72.6 Å². The minimum absolute atomic E-state index is 0.0510. The molecule has 0 fully saturated rings. The van der Waals surface area contributed by atoms with E-state index in [-0.39, 0.29) is 17.9 Å². The number of ether oxygens (including phenoxy) is 1. The van der Waals surface area contributed by atoms with Gasteiger partial charge in [-0.2, -0.15) is 5.10 Å². The van der Waals surface area contributed by atoms with Gasteiger partial charge in [-0.05, 0) is 48.4 Å². The number of nitrogens with zero attached hydrogens (tertiary/aromatic N) is 3. The Morgan fingerprint density at radius 2 is 1.85 bits per heavy atom. The Morgan fingerprint density at radius 3 is 2.42 bits per heavy atom. The van der Waals surface area contributed by atoms with Gasteiger partial charge in [-0.1, -0.05) is 25.5 Å². The molecule has 0 bridgehead atoms. The summed E-state index contributed by atoms with van der Waals surface area (Å²) in [6, 6.07) is 14.3. The molecule has 1 heterocycles. The van der Waals surface area contributed by atoms with Gasteiger partial charge in [-0.25, -0.2) is 14.1 Å². The molecule has 0 spiro atoms. The molecule has 3 aromatic rings. The van der Waals surface area contributed by atoms with Gasteiger partial charge >= 0.3 is 0 Å². The minimum atomic E-state index is -0.246. The normalized spacial score (nSPS) is 13.2. The van der Waals surface area contributed by atoms with E-state index in [1.165, 1.54) is 18.5 Å². The van der Waals surface area contributed by atoms with Crippen LogP contribution in [-0.4, -0.2) is 21.9 Å². The lowest BCUT2D eigenvalue weighted by Crippen LogP contribution is -2.25. The van der Waals surface area contributed by atoms with Gasteiger partial charge in [0.2, 0.25) is 0 Å². The highest BCUT2D eigenvalue weighted by atomic mass is 19.1. The van der Waals surface area contributed by atoms with E-state index in [0.717, 1.165) is 29.8 Å². The van der Waals surface area contributed by atoms with Crippen molar-refractivity contribution < 1.29 is 9.13 Å². The fourth-order valence-electron chi connectivity index (χ4n) is 3.07. The number of rotatable bonds is 8. The zero-order chi connectivity index (χ0) is 18.4. The third kappa shape index (κ3) is 4.20. The first-order valence-corrected chi connectivity index (χ1v) is 8.71. The first-order chi connectivity index (χ1) is 12.7. The molecule has 3 rings (SSSR count). The largest absolute Gasteiger partial charge is 0.497 e. The first kappa shape index (κ1) is 17.9. The van der Waals surface area contributed by atoms with Crippen molar-refractivity contribution in [3.8, 4) is 5.75 Å². The second-order valence-corrected chi connectivity index (χ2v) is 6.13. The lowest BCUT2D eigenvalue weighted by atomic mass is 9.95. The van der Waals surface area contributed by atoms with Crippen molar-refractivity contribution in [3.63, 3.8) is 0 Å². The molecule has 6 heteroatoms. The molecule has 1 aromatic heterocycles. The van der Waals surface area contributed by atoms with Gasteiger partial charge < -0.3 is 10.1 Å². The number of anilines is 1. The van der Waals surface area contributed by atoms with Gasteiger partial charge in [-0.3, -0.25) is 0 Å². The molecule has 0 aliphatic carbocycles. The summed E-state index contributed by atoms with van der Waals surface area (Å²) < 4.78 is 20.5. The zero-order valence-electron chi connectivity index (χ0n) is 15.0. The van der Waals surface area contributed by atoms with Crippen LogP contribution in [0, 0.1) is 5.82 Å². The summed E-state index contributed by atoms with van der Waals surface area (Å²) in [4.78, 5) is 4.09. The molecule has 0 saturated carbocycles. The van der Waals surface area contributed by atoms with Crippen LogP contribution >= 0.6 is 0 Å². The Hall–Kier alpha value is -2.89. The molecule has 1 N–H and O–H groups in total. The smallest absolute Gasteiger partial charge is 0.137 e. The van der Waals surface area contributed by atoms with Gasteiger partial charge in [0, 0.05) is 5.69 Å². The maximum atomic E-state index is 13.4. The van der Waals surface area contributed by atoms with Crippen LogP contribution in [0.25, 0.3) is 0 Å². The molecule has 2 atom stereocenters. The molecule has 0 saturated heterocycles. The van der Waals surface area contributed by atoms with Crippen molar-refractivity contribution in [1.29, 1.82) is 0 Å². The summed E-state index contributed by atoms with van der Waals surface area (Å²) in [5.41, 5.74) is 1.96. The van der Waals surface area contributed by atoms with Crippen LogP contribution in [-0.2, 0) is 0 Å². The summed E-state index contributed by atoms with van der Waals surface area (Å²) in [6.45, 7) is 2.14.